The third-order valence-corrected chi connectivity index (χ3v) is 2.60. The maximum Gasteiger partial charge on any atom is 0.0926 e. The quantitative estimate of drug-likeness (QED) is 0.853. The van der Waals surface area contributed by atoms with Gasteiger partial charge in [-0.3, -0.25) is 4.68 Å². The third-order valence-electron chi connectivity index (χ3n) is 2.60. The first kappa shape index (κ1) is 11.8. The van der Waals surface area contributed by atoms with E-state index < -0.39 is 0 Å². The molecule has 0 spiro atoms. The van der Waals surface area contributed by atoms with Gasteiger partial charge in [-0.15, -0.1) is 0 Å². The van der Waals surface area contributed by atoms with E-state index in [0.29, 0.717) is 13.2 Å². The predicted octanol–water partition coefficient (Wildman–Crippen LogP) is 1.69. The van der Waals surface area contributed by atoms with E-state index in [1.54, 1.807) is 11.8 Å². The van der Waals surface area contributed by atoms with Crippen LogP contribution < -0.4 is 0 Å². The molecule has 0 saturated heterocycles. The molecule has 0 amide bonds. The number of methoxy groups -OCH3 is 1. The molecule has 2 aromatic rings. The van der Waals surface area contributed by atoms with Gasteiger partial charge in [-0.05, 0) is 6.07 Å². The van der Waals surface area contributed by atoms with Gasteiger partial charge in [0.15, 0.2) is 0 Å². The fraction of sp³-hybridized carbons (Fsp3) is 0.308. The fourth-order valence-electron chi connectivity index (χ4n) is 1.70. The molecule has 1 aromatic heterocycles. The number of nitrogens with zero attached hydrogens (tertiary/aromatic N) is 2. The minimum Gasteiger partial charge on any atom is -0.390 e. The van der Waals surface area contributed by atoms with Gasteiger partial charge in [0, 0.05) is 12.7 Å². The molecule has 0 fully saturated rings. The summed E-state index contributed by atoms with van der Waals surface area (Å²) in [5, 5.41) is 13.7. The maximum atomic E-state index is 9.28. The summed E-state index contributed by atoms with van der Waals surface area (Å²) >= 11 is 0. The van der Waals surface area contributed by atoms with E-state index >= 15 is 0 Å². The van der Waals surface area contributed by atoms with E-state index in [-0.39, 0.29) is 6.61 Å². The van der Waals surface area contributed by atoms with Crippen molar-refractivity contribution < 1.29 is 9.84 Å². The van der Waals surface area contributed by atoms with Crippen LogP contribution in [-0.2, 0) is 17.9 Å². The zero-order valence-electron chi connectivity index (χ0n) is 9.84. The number of rotatable bonds is 5. The Bertz CT molecular complexity index is 466. The maximum absolute atomic E-state index is 9.28. The van der Waals surface area contributed by atoms with Gasteiger partial charge in [0.1, 0.15) is 0 Å². The standard InChI is InChI=1S/C13H16N2O2/c1-17-8-7-15-12(10-16)9-13(14-15)11-5-3-2-4-6-11/h2-6,9,16H,7-8,10H2,1H3. The van der Waals surface area contributed by atoms with Gasteiger partial charge in [-0.25, -0.2) is 0 Å². The first-order chi connectivity index (χ1) is 8.35. The lowest BCUT2D eigenvalue weighted by Crippen LogP contribution is -2.09. The number of aromatic nitrogens is 2. The normalized spacial score (nSPS) is 10.7. The second kappa shape index (κ2) is 5.61. The highest BCUT2D eigenvalue weighted by Gasteiger charge is 2.08. The SMILES string of the molecule is COCCn1nc(-c2ccccc2)cc1CO. The lowest BCUT2D eigenvalue weighted by Gasteiger charge is -2.03. The summed E-state index contributed by atoms with van der Waals surface area (Å²) < 4.78 is 6.80. The minimum atomic E-state index is -0.0104. The Balaban J connectivity index is 2.28. The van der Waals surface area contributed by atoms with Crippen molar-refractivity contribution in [3.8, 4) is 11.3 Å². The fourth-order valence-corrected chi connectivity index (χ4v) is 1.70. The monoisotopic (exact) mass is 232 g/mol. The summed E-state index contributed by atoms with van der Waals surface area (Å²) in [6.07, 6.45) is 0. The molecule has 4 nitrogen and oxygen atoms in total. The number of benzene rings is 1. The first-order valence-electron chi connectivity index (χ1n) is 5.57. The zero-order chi connectivity index (χ0) is 12.1. The van der Waals surface area contributed by atoms with Crippen LogP contribution >= 0.6 is 0 Å². The van der Waals surface area contributed by atoms with Crippen molar-refractivity contribution in [1.82, 2.24) is 9.78 Å². The molecule has 0 aliphatic rings. The zero-order valence-corrected chi connectivity index (χ0v) is 9.84. The largest absolute Gasteiger partial charge is 0.390 e. The summed E-state index contributed by atoms with van der Waals surface area (Å²) in [6.45, 7) is 1.23. The Hall–Kier alpha value is -1.65. The van der Waals surface area contributed by atoms with Crippen molar-refractivity contribution in [1.29, 1.82) is 0 Å². The van der Waals surface area contributed by atoms with Crippen LogP contribution in [-0.4, -0.2) is 28.6 Å². The van der Waals surface area contributed by atoms with Crippen LogP contribution in [0, 0.1) is 0 Å². The highest BCUT2D eigenvalue weighted by Crippen LogP contribution is 2.18. The molecule has 0 bridgehead atoms. The van der Waals surface area contributed by atoms with Crippen LogP contribution in [0.5, 0.6) is 0 Å². The van der Waals surface area contributed by atoms with Gasteiger partial charge in [-0.1, -0.05) is 30.3 Å². The molecule has 0 radical (unpaired) electrons. The van der Waals surface area contributed by atoms with E-state index in [4.69, 9.17) is 4.74 Å². The average Bonchev–Trinajstić information content (AvgIpc) is 2.80. The van der Waals surface area contributed by atoms with E-state index in [2.05, 4.69) is 5.10 Å². The highest BCUT2D eigenvalue weighted by molar-refractivity contribution is 5.59. The molecular formula is C13H16N2O2. The Morgan fingerprint density at radius 3 is 2.71 bits per heavy atom. The summed E-state index contributed by atoms with van der Waals surface area (Å²) in [4.78, 5) is 0. The molecule has 0 aliphatic carbocycles. The highest BCUT2D eigenvalue weighted by atomic mass is 16.5. The van der Waals surface area contributed by atoms with Crippen LogP contribution in [0.3, 0.4) is 0 Å². The van der Waals surface area contributed by atoms with E-state index in [9.17, 15) is 5.11 Å². The molecule has 4 heteroatoms. The Morgan fingerprint density at radius 2 is 2.06 bits per heavy atom. The van der Waals surface area contributed by atoms with Gasteiger partial charge < -0.3 is 9.84 Å². The topological polar surface area (TPSA) is 47.3 Å². The Kier molecular flexibility index (Phi) is 3.90. The van der Waals surface area contributed by atoms with Crippen molar-refractivity contribution in [2.45, 2.75) is 13.2 Å². The molecule has 1 aromatic carbocycles. The van der Waals surface area contributed by atoms with Gasteiger partial charge in [0.2, 0.25) is 0 Å². The summed E-state index contributed by atoms with van der Waals surface area (Å²) in [6, 6.07) is 11.8. The smallest absolute Gasteiger partial charge is 0.0926 e. The van der Waals surface area contributed by atoms with Crippen LogP contribution in [0.4, 0.5) is 0 Å². The molecular weight excluding hydrogens is 216 g/mol. The lowest BCUT2D eigenvalue weighted by molar-refractivity contribution is 0.179. The van der Waals surface area contributed by atoms with Crippen molar-refractivity contribution in [2.75, 3.05) is 13.7 Å². The predicted molar refractivity (Wildman–Crippen MR) is 65.5 cm³/mol. The Morgan fingerprint density at radius 1 is 1.29 bits per heavy atom. The van der Waals surface area contributed by atoms with Crippen molar-refractivity contribution in [3.05, 3.63) is 42.1 Å². The molecule has 2 rings (SSSR count). The third kappa shape index (κ3) is 2.72. The molecule has 17 heavy (non-hydrogen) atoms. The molecule has 0 unspecified atom stereocenters. The molecule has 0 aliphatic heterocycles. The van der Waals surface area contributed by atoms with E-state index in [0.717, 1.165) is 17.0 Å². The van der Waals surface area contributed by atoms with Crippen molar-refractivity contribution >= 4 is 0 Å². The summed E-state index contributed by atoms with van der Waals surface area (Å²) in [5.74, 6) is 0. The van der Waals surface area contributed by atoms with Crippen LogP contribution in [0.1, 0.15) is 5.69 Å². The first-order valence-corrected chi connectivity index (χ1v) is 5.57. The van der Waals surface area contributed by atoms with E-state index in [1.165, 1.54) is 0 Å². The number of aliphatic hydroxyl groups is 1. The van der Waals surface area contributed by atoms with Gasteiger partial charge in [0.05, 0.1) is 31.1 Å². The van der Waals surface area contributed by atoms with Crippen LogP contribution in [0.2, 0.25) is 0 Å². The van der Waals surface area contributed by atoms with Crippen LogP contribution in [0.25, 0.3) is 11.3 Å². The van der Waals surface area contributed by atoms with E-state index in [1.807, 2.05) is 36.4 Å². The summed E-state index contributed by atoms with van der Waals surface area (Å²) in [7, 11) is 1.65. The molecule has 0 atom stereocenters. The second-order valence-corrected chi connectivity index (χ2v) is 3.76. The molecule has 0 saturated carbocycles. The minimum absolute atomic E-state index is 0.0104. The molecule has 90 valence electrons. The number of hydrogen-bond donors (Lipinski definition) is 1. The number of hydrogen-bond acceptors (Lipinski definition) is 3. The van der Waals surface area contributed by atoms with Crippen molar-refractivity contribution in [2.24, 2.45) is 0 Å². The van der Waals surface area contributed by atoms with Gasteiger partial charge >= 0.3 is 0 Å². The Labute approximate surface area is 100 Å². The van der Waals surface area contributed by atoms with Gasteiger partial charge in [0.25, 0.3) is 0 Å². The molecule has 1 heterocycles. The van der Waals surface area contributed by atoms with Gasteiger partial charge in [-0.2, -0.15) is 5.10 Å². The summed E-state index contributed by atoms with van der Waals surface area (Å²) in [5.41, 5.74) is 2.74. The van der Waals surface area contributed by atoms with Crippen LogP contribution in [0.15, 0.2) is 36.4 Å². The second-order valence-electron chi connectivity index (χ2n) is 3.76. The van der Waals surface area contributed by atoms with Crippen molar-refractivity contribution in [3.63, 3.8) is 0 Å². The number of aliphatic hydroxyl groups excluding tert-OH is 1. The average molecular weight is 232 g/mol. The molecule has 1 N–H and O–H groups in total. The number of ether oxygens (including phenoxy) is 1. The lowest BCUT2D eigenvalue weighted by atomic mass is 10.1.